The highest BCUT2D eigenvalue weighted by molar-refractivity contribution is 5.96. The van der Waals surface area contributed by atoms with Crippen molar-refractivity contribution in [3.63, 3.8) is 0 Å². The molecule has 0 aliphatic carbocycles. The summed E-state index contributed by atoms with van der Waals surface area (Å²) in [6.07, 6.45) is 0. The third-order valence-electron chi connectivity index (χ3n) is 3.32. The topological polar surface area (TPSA) is 88.5 Å². The van der Waals surface area contributed by atoms with E-state index in [9.17, 15) is 4.79 Å². The number of carbonyl (C=O) groups is 1. The smallest absolute Gasteiger partial charge is 0.280 e. The van der Waals surface area contributed by atoms with E-state index in [1.165, 1.54) is 0 Å². The second-order valence-electron chi connectivity index (χ2n) is 4.96. The van der Waals surface area contributed by atoms with Crippen LogP contribution in [-0.2, 0) is 0 Å². The van der Waals surface area contributed by atoms with Crippen LogP contribution in [0.5, 0.6) is 0 Å². The van der Waals surface area contributed by atoms with Gasteiger partial charge in [-0.15, -0.1) is 0 Å². The molecule has 0 spiro atoms. The molecule has 7 nitrogen and oxygen atoms in total. The number of amides is 1. The monoisotopic (exact) mass is 239 g/mol. The molecular formula is C10H17N5O2. The average molecular weight is 239 g/mol. The molecule has 7 heteroatoms. The Labute approximate surface area is 99.5 Å². The fourth-order valence-corrected chi connectivity index (χ4v) is 1.91. The number of likely N-dealkylation sites (N-methyl/N-ethyl adjacent to an activating group) is 1. The Morgan fingerprint density at radius 2 is 2.12 bits per heavy atom. The van der Waals surface area contributed by atoms with Crippen molar-refractivity contribution in [2.75, 3.05) is 32.4 Å². The van der Waals surface area contributed by atoms with E-state index in [2.05, 4.69) is 33.7 Å². The van der Waals surface area contributed by atoms with Crippen LogP contribution >= 0.6 is 0 Å². The second kappa shape index (κ2) is 3.99. The van der Waals surface area contributed by atoms with Crippen LogP contribution in [0.3, 0.4) is 0 Å². The van der Waals surface area contributed by atoms with Gasteiger partial charge in [-0.25, -0.2) is 4.63 Å². The minimum absolute atomic E-state index is 0.0479. The molecule has 1 amide bonds. The number of aromatic nitrogens is 2. The van der Waals surface area contributed by atoms with Crippen LogP contribution in [-0.4, -0.2) is 58.2 Å². The molecule has 1 aliphatic rings. The molecule has 17 heavy (non-hydrogen) atoms. The third-order valence-corrected chi connectivity index (χ3v) is 3.32. The van der Waals surface area contributed by atoms with Crippen molar-refractivity contribution < 1.29 is 9.42 Å². The molecule has 0 unspecified atom stereocenters. The number of nitrogens with zero attached hydrogens (tertiary/aromatic N) is 4. The molecule has 1 saturated heterocycles. The number of nitrogens with two attached hydrogens (primary N) is 1. The van der Waals surface area contributed by atoms with Crippen molar-refractivity contribution in [1.82, 2.24) is 20.1 Å². The summed E-state index contributed by atoms with van der Waals surface area (Å²) in [5.74, 6) is -0.170. The van der Waals surface area contributed by atoms with E-state index in [0.717, 1.165) is 6.54 Å². The summed E-state index contributed by atoms with van der Waals surface area (Å²) in [7, 11) is 2.05. The molecule has 0 atom stereocenters. The van der Waals surface area contributed by atoms with Crippen LogP contribution in [0.25, 0.3) is 0 Å². The Kier molecular flexibility index (Phi) is 2.78. The molecule has 0 radical (unpaired) electrons. The molecule has 1 aliphatic heterocycles. The molecule has 1 aromatic heterocycles. The molecule has 1 fully saturated rings. The standard InChI is InChI=1S/C10H17N5O2/c1-10(2)6-15(5-4-14(10)3)9(16)7-8(11)13-17-12-7/h4-6H2,1-3H3,(H2,11,13). The minimum Gasteiger partial charge on any atom is -0.379 e. The van der Waals surface area contributed by atoms with E-state index in [1.54, 1.807) is 4.90 Å². The molecule has 94 valence electrons. The van der Waals surface area contributed by atoms with Gasteiger partial charge in [-0.05, 0) is 31.2 Å². The van der Waals surface area contributed by atoms with Crippen molar-refractivity contribution in [2.45, 2.75) is 19.4 Å². The second-order valence-corrected chi connectivity index (χ2v) is 4.96. The first-order valence-electron chi connectivity index (χ1n) is 5.50. The zero-order chi connectivity index (χ0) is 12.6. The summed E-state index contributed by atoms with van der Waals surface area (Å²) in [5.41, 5.74) is 5.56. The Balaban J connectivity index is 2.15. The van der Waals surface area contributed by atoms with Crippen molar-refractivity contribution >= 4 is 11.7 Å². The van der Waals surface area contributed by atoms with E-state index in [0.29, 0.717) is 13.1 Å². The van der Waals surface area contributed by atoms with Gasteiger partial charge in [-0.2, -0.15) is 0 Å². The summed E-state index contributed by atoms with van der Waals surface area (Å²) in [5, 5.41) is 6.96. The minimum atomic E-state index is -0.218. The van der Waals surface area contributed by atoms with E-state index in [1.807, 2.05) is 7.05 Å². The number of hydrogen-bond donors (Lipinski definition) is 1. The first kappa shape index (κ1) is 11.8. The van der Waals surface area contributed by atoms with Gasteiger partial charge >= 0.3 is 0 Å². The number of carbonyl (C=O) groups excluding carboxylic acids is 1. The highest BCUT2D eigenvalue weighted by atomic mass is 16.6. The summed E-state index contributed by atoms with van der Waals surface area (Å²) in [4.78, 5) is 16.1. The maximum absolute atomic E-state index is 12.1. The zero-order valence-electron chi connectivity index (χ0n) is 10.3. The van der Waals surface area contributed by atoms with E-state index >= 15 is 0 Å². The van der Waals surface area contributed by atoms with E-state index in [-0.39, 0.29) is 23.0 Å². The van der Waals surface area contributed by atoms with Crippen LogP contribution in [0.1, 0.15) is 24.3 Å². The normalized spacial score (nSPS) is 20.5. The van der Waals surface area contributed by atoms with Crippen molar-refractivity contribution in [1.29, 1.82) is 0 Å². The molecule has 2 rings (SSSR count). The molecule has 0 aromatic carbocycles. The van der Waals surface area contributed by atoms with Gasteiger partial charge in [0.05, 0.1) is 0 Å². The highest BCUT2D eigenvalue weighted by Crippen LogP contribution is 2.20. The third kappa shape index (κ3) is 2.10. The van der Waals surface area contributed by atoms with Gasteiger partial charge in [-0.3, -0.25) is 9.69 Å². The Morgan fingerprint density at radius 3 is 2.65 bits per heavy atom. The van der Waals surface area contributed by atoms with E-state index in [4.69, 9.17) is 5.73 Å². The van der Waals surface area contributed by atoms with Crippen LogP contribution in [0.2, 0.25) is 0 Å². The number of piperazine rings is 1. The molecule has 0 saturated carbocycles. The molecular weight excluding hydrogens is 222 g/mol. The van der Waals surface area contributed by atoms with Gasteiger partial charge < -0.3 is 10.6 Å². The number of nitrogen functional groups attached to an aromatic ring is 1. The lowest BCUT2D eigenvalue weighted by atomic mass is 9.99. The summed E-state index contributed by atoms with van der Waals surface area (Å²) < 4.78 is 4.45. The van der Waals surface area contributed by atoms with Crippen molar-refractivity contribution in [3.05, 3.63) is 5.69 Å². The Morgan fingerprint density at radius 1 is 1.41 bits per heavy atom. The van der Waals surface area contributed by atoms with Crippen molar-refractivity contribution in [3.8, 4) is 0 Å². The van der Waals surface area contributed by atoms with Gasteiger partial charge in [-0.1, -0.05) is 0 Å². The lowest BCUT2D eigenvalue weighted by Crippen LogP contribution is -2.58. The molecule has 0 bridgehead atoms. The zero-order valence-corrected chi connectivity index (χ0v) is 10.3. The fourth-order valence-electron chi connectivity index (χ4n) is 1.91. The number of hydrogen-bond acceptors (Lipinski definition) is 6. The summed E-state index contributed by atoms with van der Waals surface area (Å²) >= 11 is 0. The van der Waals surface area contributed by atoms with Crippen LogP contribution in [0.4, 0.5) is 5.82 Å². The Bertz CT molecular complexity index is 428. The summed E-state index contributed by atoms with van der Waals surface area (Å²) in [6.45, 7) is 6.30. The van der Waals surface area contributed by atoms with Gasteiger partial charge in [0, 0.05) is 25.2 Å². The first-order chi connectivity index (χ1) is 7.92. The van der Waals surface area contributed by atoms with Gasteiger partial charge in [0.15, 0.2) is 0 Å². The van der Waals surface area contributed by atoms with Crippen molar-refractivity contribution in [2.24, 2.45) is 0 Å². The predicted octanol–water partition coefficient (Wildman–Crippen LogP) is -0.182. The van der Waals surface area contributed by atoms with Crippen LogP contribution < -0.4 is 5.73 Å². The van der Waals surface area contributed by atoms with Gasteiger partial charge in [0.25, 0.3) is 5.91 Å². The van der Waals surface area contributed by atoms with Gasteiger partial charge in [0.2, 0.25) is 11.5 Å². The average Bonchev–Trinajstić information content (AvgIpc) is 2.67. The lowest BCUT2D eigenvalue weighted by molar-refractivity contribution is 0.0304. The first-order valence-corrected chi connectivity index (χ1v) is 5.50. The predicted molar refractivity (Wildman–Crippen MR) is 61.3 cm³/mol. The summed E-state index contributed by atoms with van der Waals surface area (Å²) in [6, 6.07) is 0. The van der Waals surface area contributed by atoms with E-state index < -0.39 is 0 Å². The maximum atomic E-state index is 12.1. The fraction of sp³-hybridized carbons (Fsp3) is 0.700. The molecule has 2 N–H and O–H groups in total. The van der Waals surface area contributed by atoms with Gasteiger partial charge in [0.1, 0.15) is 0 Å². The Hall–Kier alpha value is -1.63. The van der Waals surface area contributed by atoms with Crippen LogP contribution in [0.15, 0.2) is 4.63 Å². The van der Waals surface area contributed by atoms with Crippen LogP contribution in [0, 0.1) is 0 Å². The number of rotatable bonds is 1. The molecule has 1 aromatic rings. The SMILES string of the molecule is CN1CCN(C(=O)c2nonc2N)CC1(C)C. The lowest BCUT2D eigenvalue weighted by Gasteiger charge is -2.45. The molecule has 2 heterocycles. The maximum Gasteiger partial charge on any atom is 0.280 e. The highest BCUT2D eigenvalue weighted by Gasteiger charge is 2.35. The number of anilines is 1. The quantitative estimate of drug-likeness (QED) is 0.731. The largest absolute Gasteiger partial charge is 0.379 e.